The number of hydrogen-bond donors (Lipinski definition) is 3. The molecule has 3 rings (SSSR count). The first-order valence-corrected chi connectivity index (χ1v) is 11.3. The van der Waals surface area contributed by atoms with Crippen LogP contribution in [0.4, 0.5) is 11.4 Å². The second-order valence-corrected chi connectivity index (χ2v) is 8.47. The van der Waals surface area contributed by atoms with Crippen LogP contribution in [0.3, 0.4) is 0 Å². The number of rotatable bonds is 8. The first-order chi connectivity index (χ1) is 14.5. The lowest BCUT2D eigenvalue weighted by atomic mass is 10.1. The van der Waals surface area contributed by atoms with E-state index in [2.05, 4.69) is 16.0 Å². The Morgan fingerprint density at radius 2 is 1.33 bits per heavy atom. The van der Waals surface area contributed by atoms with Crippen LogP contribution in [-0.4, -0.2) is 35.3 Å². The normalized spacial score (nSPS) is 13.6. The summed E-state index contributed by atoms with van der Waals surface area (Å²) >= 11 is 1.25. The molecule has 1 saturated carbocycles. The van der Waals surface area contributed by atoms with Crippen molar-refractivity contribution in [3.05, 3.63) is 59.7 Å². The van der Waals surface area contributed by atoms with Crippen LogP contribution in [0, 0.1) is 6.92 Å². The summed E-state index contributed by atoms with van der Waals surface area (Å²) in [6, 6.07) is 14.7. The number of carbonyl (C=O) groups is 3. The average Bonchev–Trinajstić information content (AvgIpc) is 3.23. The number of thioether (sulfide) groups is 1. The number of nitrogens with one attached hydrogen (secondary N) is 3. The predicted molar refractivity (Wildman–Crippen MR) is 122 cm³/mol. The maximum Gasteiger partial charge on any atom is 0.251 e. The Morgan fingerprint density at radius 1 is 0.833 bits per heavy atom. The minimum absolute atomic E-state index is 0.0741. The van der Waals surface area contributed by atoms with Gasteiger partial charge in [-0.05, 0) is 56.2 Å². The van der Waals surface area contributed by atoms with Gasteiger partial charge in [0.25, 0.3) is 5.91 Å². The van der Waals surface area contributed by atoms with Gasteiger partial charge in [0.05, 0.1) is 11.5 Å². The van der Waals surface area contributed by atoms with Gasteiger partial charge in [0.1, 0.15) is 0 Å². The van der Waals surface area contributed by atoms with Crippen LogP contribution >= 0.6 is 11.8 Å². The van der Waals surface area contributed by atoms with Crippen molar-refractivity contribution in [1.82, 2.24) is 5.32 Å². The van der Waals surface area contributed by atoms with E-state index in [4.69, 9.17) is 0 Å². The van der Waals surface area contributed by atoms with Crippen molar-refractivity contribution < 1.29 is 14.4 Å². The molecule has 158 valence electrons. The van der Waals surface area contributed by atoms with Crippen LogP contribution in [-0.2, 0) is 9.59 Å². The molecular weight excluding hydrogens is 398 g/mol. The van der Waals surface area contributed by atoms with Crippen LogP contribution in [0.5, 0.6) is 0 Å². The fourth-order valence-corrected chi connectivity index (χ4v) is 3.93. The van der Waals surface area contributed by atoms with Gasteiger partial charge in [0.2, 0.25) is 11.8 Å². The van der Waals surface area contributed by atoms with E-state index in [1.807, 2.05) is 31.2 Å². The minimum Gasteiger partial charge on any atom is -0.349 e. The van der Waals surface area contributed by atoms with Crippen LogP contribution in [0.1, 0.15) is 41.6 Å². The van der Waals surface area contributed by atoms with Gasteiger partial charge in [-0.25, -0.2) is 0 Å². The highest BCUT2D eigenvalue weighted by Crippen LogP contribution is 2.18. The highest BCUT2D eigenvalue weighted by Gasteiger charge is 2.17. The molecule has 7 heteroatoms. The number of anilines is 2. The summed E-state index contributed by atoms with van der Waals surface area (Å²) < 4.78 is 0. The Labute approximate surface area is 181 Å². The topological polar surface area (TPSA) is 87.3 Å². The number of benzene rings is 2. The van der Waals surface area contributed by atoms with E-state index in [1.54, 1.807) is 24.3 Å². The van der Waals surface area contributed by atoms with Gasteiger partial charge < -0.3 is 16.0 Å². The van der Waals surface area contributed by atoms with Crippen molar-refractivity contribution in [3.63, 3.8) is 0 Å². The van der Waals surface area contributed by atoms with Crippen LogP contribution in [0.15, 0.2) is 48.5 Å². The summed E-state index contributed by atoms with van der Waals surface area (Å²) in [6.07, 6.45) is 4.42. The van der Waals surface area contributed by atoms with E-state index in [1.165, 1.54) is 24.6 Å². The number of amides is 3. The molecule has 0 aliphatic heterocycles. The van der Waals surface area contributed by atoms with E-state index >= 15 is 0 Å². The monoisotopic (exact) mass is 425 g/mol. The molecule has 30 heavy (non-hydrogen) atoms. The predicted octanol–water partition coefficient (Wildman–Crippen LogP) is 3.98. The van der Waals surface area contributed by atoms with Crippen molar-refractivity contribution in [1.29, 1.82) is 0 Å². The molecule has 0 spiro atoms. The summed E-state index contributed by atoms with van der Waals surface area (Å²) in [5.41, 5.74) is 3.08. The van der Waals surface area contributed by atoms with Gasteiger partial charge in [-0.15, -0.1) is 11.8 Å². The number of aryl methyl sites for hydroxylation is 1. The SMILES string of the molecule is Cc1ccc(NC(=O)CSCC(=O)Nc2ccc(C(=O)NC3CCCC3)cc2)cc1. The quantitative estimate of drug-likeness (QED) is 0.597. The second-order valence-electron chi connectivity index (χ2n) is 7.49. The first kappa shape index (κ1) is 21.9. The standard InChI is InChI=1S/C23H27N3O3S/c1-16-6-10-19(11-7-16)24-21(27)14-30-15-22(28)25-20-12-8-17(9-13-20)23(29)26-18-4-2-3-5-18/h6-13,18H,2-5,14-15H2,1H3,(H,24,27)(H,25,28)(H,26,29). The lowest BCUT2D eigenvalue weighted by Crippen LogP contribution is -2.32. The van der Waals surface area contributed by atoms with Crippen LogP contribution < -0.4 is 16.0 Å². The maximum atomic E-state index is 12.2. The Hall–Kier alpha value is -2.80. The molecule has 0 radical (unpaired) electrons. The van der Waals surface area contributed by atoms with E-state index < -0.39 is 0 Å². The van der Waals surface area contributed by atoms with E-state index in [0.29, 0.717) is 11.3 Å². The fourth-order valence-electron chi connectivity index (χ4n) is 3.31. The third-order valence-corrected chi connectivity index (χ3v) is 5.86. The third-order valence-electron chi connectivity index (χ3n) is 4.92. The van der Waals surface area contributed by atoms with Crippen LogP contribution in [0.2, 0.25) is 0 Å². The largest absolute Gasteiger partial charge is 0.349 e. The highest BCUT2D eigenvalue weighted by molar-refractivity contribution is 8.00. The molecule has 0 atom stereocenters. The third kappa shape index (κ3) is 6.91. The van der Waals surface area contributed by atoms with Crippen molar-refractivity contribution in [2.75, 3.05) is 22.1 Å². The molecule has 6 nitrogen and oxygen atoms in total. The van der Waals surface area contributed by atoms with Gasteiger partial charge in [0.15, 0.2) is 0 Å². The summed E-state index contributed by atoms with van der Waals surface area (Å²) in [7, 11) is 0. The number of carbonyl (C=O) groups excluding carboxylic acids is 3. The zero-order valence-corrected chi connectivity index (χ0v) is 17.9. The molecule has 1 fully saturated rings. The summed E-state index contributed by atoms with van der Waals surface area (Å²) in [5.74, 6) is -0.0391. The first-order valence-electron chi connectivity index (χ1n) is 10.1. The molecule has 0 saturated heterocycles. The lowest BCUT2D eigenvalue weighted by molar-refractivity contribution is -0.114. The molecule has 3 amide bonds. The molecule has 2 aromatic rings. The van der Waals surface area contributed by atoms with Crippen LogP contribution in [0.25, 0.3) is 0 Å². The Bertz CT molecular complexity index is 876. The molecule has 0 aromatic heterocycles. The van der Waals surface area contributed by atoms with Gasteiger partial charge in [-0.3, -0.25) is 14.4 Å². The molecule has 0 bridgehead atoms. The van der Waals surface area contributed by atoms with Crippen molar-refractivity contribution >= 4 is 40.9 Å². The number of hydrogen-bond acceptors (Lipinski definition) is 4. The van der Waals surface area contributed by atoms with Gasteiger partial charge in [-0.1, -0.05) is 30.5 Å². The summed E-state index contributed by atoms with van der Waals surface area (Å²) in [6.45, 7) is 1.98. The molecule has 2 aromatic carbocycles. The molecule has 1 aliphatic rings. The molecule has 3 N–H and O–H groups in total. The smallest absolute Gasteiger partial charge is 0.251 e. The molecule has 0 heterocycles. The molecular formula is C23H27N3O3S. The molecule has 1 aliphatic carbocycles. The zero-order valence-electron chi connectivity index (χ0n) is 17.1. The Balaban J connectivity index is 1.37. The fraction of sp³-hybridized carbons (Fsp3) is 0.348. The van der Waals surface area contributed by atoms with Gasteiger partial charge >= 0.3 is 0 Å². The summed E-state index contributed by atoms with van der Waals surface area (Å²) in [5, 5.41) is 8.64. The van der Waals surface area contributed by atoms with Gasteiger partial charge in [-0.2, -0.15) is 0 Å². The molecule has 0 unspecified atom stereocenters. The summed E-state index contributed by atoms with van der Waals surface area (Å²) in [4.78, 5) is 36.3. The average molecular weight is 426 g/mol. The Morgan fingerprint density at radius 3 is 1.87 bits per heavy atom. The highest BCUT2D eigenvalue weighted by atomic mass is 32.2. The van der Waals surface area contributed by atoms with Gasteiger partial charge in [0, 0.05) is 23.0 Å². The van der Waals surface area contributed by atoms with E-state index in [9.17, 15) is 14.4 Å². The van der Waals surface area contributed by atoms with E-state index in [-0.39, 0.29) is 35.3 Å². The Kier molecular flexibility index (Phi) is 7.90. The van der Waals surface area contributed by atoms with Crippen molar-refractivity contribution in [2.45, 2.75) is 38.6 Å². The lowest BCUT2D eigenvalue weighted by Gasteiger charge is -2.12. The maximum absolute atomic E-state index is 12.2. The minimum atomic E-state index is -0.189. The zero-order chi connectivity index (χ0) is 21.3. The van der Waals surface area contributed by atoms with Crippen molar-refractivity contribution in [2.24, 2.45) is 0 Å². The second kappa shape index (κ2) is 10.8. The van der Waals surface area contributed by atoms with Crippen molar-refractivity contribution in [3.8, 4) is 0 Å². The van der Waals surface area contributed by atoms with E-state index in [0.717, 1.165) is 24.1 Å².